The van der Waals surface area contributed by atoms with E-state index in [9.17, 15) is 9.18 Å². The SMILES string of the molecule is CC(F)C(=O)Nc1ncccn1. The van der Waals surface area contributed by atoms with Gasteiger partial charge >= 0.3 is 0 Å². The van der Waals surface area contributed by atoms with E-state index in [-0.39, 0.29) is 5.95 Å². The van der Waals surface area contributed by atoms with Crippen molar-refractivity contribution in [2.45, 2.75) is 13.1 Å². The lowest BCUT2D eigenvalue weighted by Crippen LogP contribution is -2.22. The Kier molecular flexibility index (Phi) is 2.68. The highest BCUT2D eigenvalue weighted by molar-refractivity contribution is 5.92. The van der Waals surface area contributed by atoms with Crippen LogP contribution in [-0.2, 0) is 4.79 Å². The summed E-state index contributed by atoms with van der Waals surface area (Å²) in [6.45, 7) is 1.15. The first-order chi connectivity index (χ1) is 5.70. The van der Waals surface area contributed by atoms with E-state index in [4.69, 9.17) is 0 Å². The van der Waals surface area contributed by atoms with Crippen LogP contribution in [0.2, 0.25) is 0 Å². The van der Waals surface area contributed by atoms with Gasteiger partial charge in [-0.1, -0.05) is 0 Å². The summed E-state index contributed by atoms with van der Waals surface area (Å²) >= 11 is 0. The zero-order valence-corrected chi connectivity index (χ0v) is 6.49. The number of carbonyl (C=O) groups excluding carboxylic acids is 1. The van der Waals surface area contributed by atoms with E-state index in [0.29, 0.717) is 0 Å². The number of aromatic nitrogens is 2. The van der Waals surface area contributed by atoms with Crippen molar-refractivity contribution in [2.24, 2.45) is 0 Å². The van der Waals surface area contributed by atoms with Crippen LogP contribution < -0.4 is 5.32 Å². The second kappa shape index (κ2) is 3.75. The third kappa shape index (κ3) is 2.26. The monoisotopic (exact) mass is 169 g/mol. The summed E-state index contributed by atoms with van der Waals surface area (Å²) < 4.78 is 12.3. The van der Waals surface area contributed by atoms with Crippen molar-refractivity contribution in [3.05, 3.63) is 18.5 Å². The molecule has 0 aliphatic rings. The fourth-order valence-corrected chi connectivity index (χ4v) is 0.573. The maximum absolute atomic E-state index is 12.3. The zero-order chi connectivity index (χ0) is 8.97. The second-order valence-corrected chi connectivity index (χ2v) is 2.18. The van der Waals surface area contributed by atoms with Crippen molar-refractivity contribution >= 4 is 11.9 Å². The number of hydrogen-bond donors (Lipinski definition) is 1. The largest absolute Gasteiger partial charge is 0.292 e. The van der Waals surface area contributed by atoms with Gasteiger partial charge < -0.3 is 0 Å². The average molecular weight is 169 g/mol. The number of rotatable bonds is 2. The van der Waals surface area contributed by atoms with Gasteiger partial charge in [0.25, 0.3) is 5.91 Å². The molecule has 0 aliphatic heterocycles. The van der Waals surface area contributed by atoms with E-state index >= 15 is 0 Å². The third-order valence-corrected chi connectivity index (χ3v) is 1.16. The Hall–Kier alpha value is -1.52. The molecule has 1 amide bonds. The lowest BCUT2D eigenvalue weighted by atomic mass is 10.4. The molecule has 0 saturated heterocycles. The Morgan fingerprint density at radius 3 is 2.67 bits per heavy atom. The van der Waals surface area contributed by atoms with Crippen molar-refractivity contribution in [3.63, 3.8) is 0 Å². The standard InChI is InChI=1S/C7H8FN3O/c1-5(8)6(12)11-7-9-3-2-4-10-7/h2-5H,1H3,(H,9,10,11,12). The predicted octanol–water partition coefficient (Wildman–Crippen LogP) is 0.773. The normalized spacial score (nSPS) is 12.2. The first-order valence-electron chi connectivity index (χ1n) is 3.42. The molecule has 1 heterocycles. The van der Waals surface area contributed by atoms with Crippen LogP contribution >= 0.6 is 0 Å². The summed E-state index contributed by atoms with van der Waals surface area (Å²) in [6, 6.07) is 1.61. The number of carbonyl (C=O) groups is 1. The van der Waals surface area contributed by atoms with E-state index < -0.39 is 12.1 Å². The summed E-state index contributed by atoms with van der Waals surface area (Å²) in [5, 5.41) is 2.21. The number of anilines is 1. The van der Waals surface area contributed by atoms with E-state index in [2.05, 4.69) is 15.3 Å². The van der Waals surface area contributed by atoms with Crippen LogP contribution in [0.4, 0.5) is 10.3 Å². The van der Waals surface area contributed by atoms with E-state index in [1.807, 2.05) is 0 Å². The van der Waals surface area contributed by atoms with Crippen molar-refractivity contribution in [3.8, 4) is 0 Å². The Balaban J connectivity index is 2.59. The molecule has 1 unspecified atom stereocenters. The first kappa shape index (κ1) is 8.58. The van der Waals surface area contributed by atoms with Gasteiger partial charge in [-0.3, -0.25) is 10.1 Å². The fourth-order valence-electron chi connectivity index (χ4n) is 0.573. The molecule has 1 aromatic rings. The van der Waals surface area contributed by atoms with Gasteiger partial charge in [0.15, 0.2) is 6.17 Å². The lowest BCUT2D eigenvalue weighted by Gasteiger charge is -2.01. The van der Waals surface area contributed by atoms with Gasteiger partial charge in [0, 0.05) is 12.4 Å². The molecule has 0 radical (unpaired) electrons. The van der Waals surface area contributed by atoms with E-state index in [1.54, 1.807) is 6.07 Å². The summed E-state index contributed by atoms with van der Waals surface area (Å²) in [6.07, 6.45) is 1.38. The molecule has 12 heavy (non-hydrogen) atoms. The minimum absolute atomic E-state index is 0.118. The van der Waals surface area contributed by atoms with Gasteiger partial charge in [-0.05, 0) is 13.0 Å². The Bertz CT molecular complexity index is 263. The van der Waals surface area contributed by atoms with Crippen LogP contribution in [0.15, 0.2) is 18.5 Å². The van der Waals surface area contributed by atoms with E-state index in [1.165, 1.54) is 12.4 Å². The number of amides is 1. The predicted molar refractivity (Wildman–Crippen MR) is 41.2 cm³/mol. The molecule has 0 fully saturated rings. The minimum atomic E-state index is -1.55. The van der Waals surface area contributed by atoms with Crippen LogP contribution in [-0.4, -0.2) is 22.0 Å². The number of alkyl halides is 1. The maximum atomic E-state index is 12.3. The number of halogens is 1. The van der Waals surface area contributed by atoms with Gasteiger partial charge in [-0.2, -0.15) is 0 Å². The maximum Gasteiger partial charge on any atom is 0.260 e. The molecule has 1 aromatic heterocycles. The minimum Gasteiger partial charge on any atom is -0.292 e. The highest BCUT2D eigenvalue weighted by Crippen LogP contribution is 1.97. The molecule has 0 aromatic carbocycles. The number of nitrogens with one attached hydrogen (secondary N) is 1. The van der Waals surface area contributed by atoms with Gasteiger partial charge in [0.2, 0.25) is 5.95 Å². The average Bonchev–Trinajstić information content (AvgIpc) is 2.06. The van der Waals surface area contributed by atoms with Gasteiger partial charge in [-0.25, -0.2) is 14.4 Å². The summed E-state index contributed by atoms with van der Waals surface area (Å²) in [7, 11) is 0. The molecule has 0 aliphatic carbocycles. The number of hydrogen-bond acceptors (Lipinski definition) is 3. The molecule has 0 saturated carbocycles. The molecular weight excluding hydrogens is 161 g/mol. The van der Waals surface area contributed by atoms with Crippen molar-refractivity contribution in [1.82, 2.24) is 9.97 Å². The first-order valence-corrected chi connectivity index (χ1v) is 3.42. The van der Waals surface area contributed by atoms with Crippen molar-refractivity contribution in [1.29, 1.82) is 0 Å². The lowest BCUT2D eigenvalue weighted by molar-refractivity contribution is -0.120. The van der Waals surface area contributed by atoms with Gasteiger partial charge in [0.1, 0.15) is 0 Å². The number of nitrogens with zero attached hydrogens (tertiary/aromatic N) is 2. The quantitative estimate of drug-likeness (QED) is 0.711. The zero-order valence-electron chi connectivity index (χ0n) is 6.49. The molecule has 1 rings (SSSR count). The fraction of sp³-hybridized carbons (Fsp3) is 0.286. The Labute approximate surface area is 68.8 Å². The molecule has 0 spiro atoms. The third-order valence-electron chi connectivity index (χ3n) is 1.16. The summed E-state index contributed by atoms with van der Waals surface area (Å²) in [5.41, 5.74) is 0. The smallest absolute Gasteiger partial charge is 0.260 e. The van der Waals surface area contributed by atoms with Gasteiger partial charge in [-0.15, -0.1) is 0 Å². The van der Waals surface area contributed by atoms with Gasteiger partial charge in [0.05, 0.1) is 0 Å². The highest BCUT2D eigenvalue weighted by Gasteiger charge is 2.11. The van der Waals surface area contributed by atoms with Crippen LogP contribution in [0.25, 0.3) is 0 Å². The molecule has 1 N–H and O–H groups in total. The Morgan fingerprint density at radius 1 is 1.58 bits per heavy atom. The highest BCUT2D eigenvalue weighted by atomic mass is 19.1. The summed E-state index contributed by atoms with van der Waals surface area (Å²) in [4.78, 5) is 18.1. The molecule has 1 atom stereocenters. The van der Waals surface area contributed by atoms with Crippen LogP contribution in [0.5, 0.6) is 0 Å². The molecule has 5 heteroatoms. The molecule has 0 bridgehead atoms. The van der Waals surface area contributed by atoms with Crippen LogP contribution in [0.3, 0.4) is 0 Å². The molecule has 64 valence electrons. The second-order valence-electron chi connectivity index (χ2n) is 2.18. The van der Waals surface area contributed by atoms with Crippen LogP contribution in [0, 0.1) is 0 Å². The molecule has 4 nitrogen and oxygen atoms in total. The summed E-state index contributed by atoms with van der Waals surface area (Å²) in [5.74, 6) is -0.617. The van der Waals surface area contributed by atoms with E-state index in [0.717, 1.165) is 6.92 Å². The Morgan fingerprint density at radius 2 is 2.17 bits per heavy atom. The topological polar surface area (TPSA) is 54.9 Å². The van der Waals surface area contributed by atoms with Crippen molar-refractivity contribution in [2.75, 3.05) is 5.32 Å². The molecular formula is C7H8FN3O. The van der Waals surface area contributed by atoms with Crippen molar-refractivity contribution < 1.29 is 9.18 Å². The van der Waals surface area contributed by atoms with Crippen LogP contribution in [0.1, 0.15) is 6.92 Å².